The van der Waals surface area contributed by atoms with Crippen LogP contribution in [0.5, 0.6) is 5.75 Å². The van der Waals surface area contributed by atoms with Gasteiger partial charge in [-0.1, -0.05) is 65.4 Å². The molecule has 0 radical (unpaired) electrons. The number of aliphatic hydroxyl groups excluding tert-OH is 1. The molecule has 5 rings (SSSR count). The van der Waals surface area contributed by atoms with E-state index in [2.05, 4.69) is 4.98 Å². The minimum Gasteiger partial charge on any atom is -0.507 e. The van der Waals surface area contributed by atoms with E-state index in [1.165, 1.54) is 16.2 Å². The van der Waals surface area contributed by atoms with Crippen LogP contribution in [0.1, 0.15) is 24.1 Å². The van der Waals surface area contributed by atoms with Gasteiger partial charge in [0, 0.05) is 10.6 Å². The molecule has 6 nitrogen and oxygen atoms in total. The summed E-state index contributed by atoms with van der Waals surface area (Å²) < 4.78 is 6.33. The number of amides is 1. The van der Waals surface area contributed by atoms with Gasteiger partial charge >= 0.3 is 5.91 Å². The number of anilines is 1. The maximum Gasteiger partial charge on any atom is 0.301 e. The number of aromatic nitrogens is 1. The number of Topliss-reactive ketones (excluding diaryl/α,β-unsaturated/α-hetero) is 1. The van der Waals surface area contributed by atoms with Crippen molar-refractivity contribution in [3.05, 3.63) is 94.5 Å². The third kappa shape index (κ3) is 3.83. The molecule has 4 aromatic rings. The Balaban J connectivity index is 1.70. The van der Waals surface area contributed by atoms with Gasteiger partial charge in [0.05, 0.1) is 28.4 Å². The van der Waals surface area contributed by atoms with Crippen LogP contribution in [0.4, 0.5) is 5.13 Å². The van der Waals surface area contributed by atoms with Crippen molar-refractivity contribution in [3.63, 3.8) is 0 Å². The zero-order valence-corrected chi connectivity index (χ0v) is 19.6. The second-order valence-corrected chi connectivity index (χ2v) is 9.09. The fourth-order valence-electron chi connectivity index (χ4n) is 4.00. The highest BCUT2D eigenvalue weighted by atomic mass is 35.5. The number of hydrogen-bond acceptors (Lipinski definition) is 6. The van der Waals surface area contributed by atoms with E-state index in [-0.39, 0.29) is 11.3 Å². The molecule has 1 aliphatic rings. The average molecular weight is 491 g/mol. The van der Waals surface area contributed by atoms with Crippen LogP contribution in [-0.4, -0.2) is 28.4 Å². The SMILES string of the molecule is CCOc1ccc(C2/C(=C(\O)c3ccccc3)C(=O)C(=O)N2c2nc3ccc(Cl)cc3s2)cc1. The lowest BCUT2D eigenvalue weighted by atomic mass is 9.95. The highest BCUT2D eigenvalue weighted by molar-refractivity contribution is 7.22. The number of rotatable bonds is 5. The Morgan fingerprint density at radius 2 is 1.82 bits per heavy atom. The van der Waals surface area contributed by atoms with Gasteiger partial charge < -0.3 is 9.84 Å². The number of hydrogen-bond donors (Lipinski definition) is 1. The lowest BCUT2D eigenvalue weighted by Crippen LogP contribution is -2.29. The third-order valence-electron chi connectivity index (χ3n) is 5.54. The van der Waals surface area contributed by atoms with Crippen LogP contribution in [0, 0.1) is 0 Å². The molecule has 1 fully saturated rings. The van der Waals surface area contributed by atoms with Crippen molar-refractivity contribution in [1.82, 2.24) is 4.98 Å². The summed E-state index contributed by atoms with van der Waals surface area (Å²) in [5, 5.41) is 12.0. The lowest BCUT2D eigenvalue weighted by molar-refractivity contribution is -0.132. The second kappa shape index (κ2) is 8.93. The standard InChI is InChI=1S/C26H19ClN2O4S/c1-2-33-18-11-8-15(9-12-18)22-21(23(30)16-6-4-3-5-7-16)24(31)25(32)29(22)26-28-19-13-10-17(27)14-20(19)34-26/h3-14,22,30H,2H2,1H3/b23-21+. The van der Waals surface area contributed by atoms with Crippen molar-refractivity contribution >= 4 is 55.7 Å². The van der Waals surface area contributed by atoms with E-state index >= 15 is 0 Å². The second-order valence-electron chi connectivity index (χ2n) is 7.65. The minimum absolute atomic E-state index is 0.0117. The van der Waals surface area contributed by atoms with Gasteiger partial charge in [0.25, 0.3) is 5.78 Å². The van der Waals surface area contributed by atoms with E-state index in [9.17, 15) is 14.7 Å². The zero-order chi connectivity index (χ0) is 23.8. The number of fused-ring (bicyclic) bond motifs is 1. The summed E-state index contributed by atoms with van der Waals surface area (Å²) in [4.78, 5) is 32.5. The molecule has 0 aliphatic carbocycles. The van der Waals surface area contributed by atoms with E-state index < -0.39 is 17.7 Å². The van der Waals surface area contributed by atoms with Gasteiger partial charge in [-0.15, -0.1) is 0 Å². The molecule has 0 saturated carbocycles. The summed E-state index contributed by atoms with van der Waals surface area (Å²) in [5.74, 6) is -1.08. The first-order chi connectivity index (χ1) is 16.5. The van der Waals surface area contributed by atoms with Gasteiger partial charge in [0.15, 0.2) is 5.13 Å². The van der Waals surface area contributed by atoms with Crippen LogP contribution < -0.4 is 9.64 Å². The Kier molecular flexibility index (Phi) is 5.81. The molecule has 0 spiro atoms. The van der Waals surface area contributed by atoms with Gasteiger partial charge in [-0.25, -0.2) is 4.98 Å². The van der Waals surface area contributed by atoms with Crippen molar-refractivity contribution < 1.29 is 19.4 Å². The molecule has 1 N–H and O–H groups in total. The lowest BCUT2D eigenvalue weighted by Gasteiger charge is -2.23. The molecular weight excluding hydrogens is 472 g/mol. The Hall–Kier alpha value is -3.68. The average Bonchev–Trinajstić information content (AvgIpc) is 3.37. The number of aliphatic hydroxyl groups is 1. The Bertz CT molecular complexity index is 1430. The van der Waals surface area contributed by atoms with E-state index in [1.807, 2.05) is 13.0 Å². The summed E-state index contributed by atoms with van der Waals surface area (Å²) in [6.45, 7) is 2.40. The smallest absolute Gasteiger partial charge is 0.301 e. The van der Waals surface area contributed by atoms with Gasteiger partial charge in [-0.05, 0) is 42.8 Å². The maximum absolute atomic E-state index is 13.3. The quantitative estimate of drug-likeness (QED) is 0.211. The molecule has 1 aromatic heterocycles. The largest absolute Gasteiger partial charge is 0.507 e. The molecule has 1 atom stereocenters. The monoisotopic (exact) mass is 490 g/mol. The Morgan fingerprint density at radius 1 is 1.09 bits per heavy atom. The number of ketones is 1. The molecule has 34 heavy (non-hydrogen) atoms. The number of benzene rings is 3. The molecule has 1 aliphatic heterocycles. The molecule has 0 bridgehead atoms. The van der Waals surface area contributed by atoms with Crippen molar-refractivity contribution in [2.75, 3.05) is 11.5 Å². The number of carbonyl (C=O) groups is 2. The number of halogens is 1. The highest BCUT2D eigenvalue weighted by Gasteiger charge is 2.48. The van der Waals surface area contributed by atoms with Crippen LogP contribution in [0.25, 0.3) is 16.0 Å². The topological polar surface area (TPSA) is 79.7 Å². The van der Waals surface area contributed by atoms with Crippen LogP contribution in [-0.2, 0) is 9.59 Å². The summed E-state index contributed by atoms with van der Waals surface area (Å²) in [5.41, 5.74) is 1.78. The predicted molar refractivity (Wildman–Crippen MR) is 133 cm³/mol. The van der Waals surface area contributed by atoms with Gasteiger partial charge in [-0.3, -0.25) is 14.5 Å². The number of nitrogens with zero attached hydrogens (tertiary/aromatic N) is 2. The first-order valence-electron chi connectivity index (χ1n) is 10.6. The molecule has 3 aromatic carbocycles. The third-order valence-corrected chi connectivity index (χ3v) is 6.80. The molecule has 1 unspecified atom stereocenters. The van der Waals surface area contributed by atoms with Gasteiger partial charge in [0.2, 0.25) is 0 Å². The highest BCUT2D eigenvalue weighted by Crippen LogP contribution is 2.44. The van der Waals surface area contributed by atoms with Crippen LogP contribution >= 0.6 is 22.9 Å². The van der Waals surface area contributed by atoms with Crippen LogP contribution in [0.2, 0.25) is 5.02 Å². The van der Waals surface area contributed by atoms with Gasteiger partial charge in [-0.2, -0.15) is 0 Å². The summed E-state index contributed by atoms with van der Waals surface area (Å²) in [7, 11) is 0. The molecule has 8 heteroatoms. The van der Waals surface area contributed by atoms with E-state index in [1.54, 1.807) is 66.7 Å². The van der Waals surface area contributed by atoms with Crippen molar-refractivity contribution in [1.29, 1.82) is 0 Å². The minimum atomic E-state index is -0.855. The van der Waals surface area contributed by atoms with Gasteiger partial charge in [0.1, 0.15) is 11.5 Å². The normalized spacial score (nSPS) is 17.5. The van der Waals surface area contributed by atoms with E-state index in [4.69, 9.17) is 16.3 Å². The number of ether oxygens (including phenoxy) is 1. The predicted octanol–water partition coefficient (Wildman–Crippen LogP) is 5.97. The number of carbonyl (C=O) groups excluding carboxylic acids is 2. The molecule has 1 amide bonds. The van der Waals surface area contributed by atoms with Crippen LogP contribution in [0.15, 0.2) is 78.4 Å². The molecule has 1 saturated heterocycles. The first-order valence-corrected chi connectivity index (χ1v) is 11.8. The van der Waals surface area contributed by atoms with Crippen molar-refractivity contribution in [3.8, 4) is 5.75 Å². The fourth-order valence-corrected chi connectivity index (χ4v) is 5.27. The number of thiazole rings is 1. The fraction of sp³-hybridized carbons (Fsp3) is 0.115. The summed E-state index contributed by atoms with van der Waals surface area (Å²) in [6.07, 6.45) is 0. The summed E-state index contributed by atoms with van der Waals surface area (Å²) in [6, 6.07) is 20.2. The van der Waals surface area contributed by atoms with E-state index in [0.29, 0.717) is 39.2 Å². The van der Waals surface area contributed by atoms with Crippen molar-refractivity contribution in [2.24, 2.45) is 0 Å². The van der Waals surface area contributed by atoms with Crippen molar-refractivity contribution in [2.45, 2.75) is 13.0 Å². The van der Waals surface area contributed by atoms with E-state index in [0.717, 1.165) is 4.70 Å². The Morgan fingerprint density at radius 3 is 2.53 bits per heavy atom. The first kappa shape index (κ1) is 22.1. The maximum atomic E-state index is 13.3. The van der Waals surface area contributed by atoms with Crippen LogP contribution in [0.3, 0.4) is 0 Å². The molecule has 170 valence electrons. The zero-order valence-electron chi connectivity index (χ0n) is 18.1. The summed E-state index contributed by atoms with van der Waals surface area (Å²) >= 11 is 7.39. The molecular formula is C26H19ClN2O4S. The Labute approximate surface area is 204 Å². The molecule has 2 heterocycles.